The Bertz CT molecular complexity index is 588. The first-order chi connectivity index (χ1) is 10.3. The molecule has 2 radical (unpaired) electrons. The number of methoxy groups -OCH3 is 1. The number of hydrogen-bond acceptors (Lipinski definition) is 6. The molecule has 0 bridgehead atoms. The van der Waals surface area contributed by atoms with Crippen LogP contribution in [0.3, 0.4) is 0 Å². The second-order valence-electron chi connectivity index (χ2n) is 5.33. The van der Waals surface area contributed by atoms with Crippen LogP contribution in [0.15, 0.2) is 29.2 Å². The zero-order valence-electron chi connectivity index (χ0n) is 12.5. The molecule has 0 amide bonds. The maximum absolute atomic E-state index is 12.3. The molecule has 1 saturated carbocycles. The van der Waals surface area contributed by atoms with Gasteiger partial charge in [0.25, 0.3) is 10.1 Å². The van der Waals surface area contributed by atoms with Crippen molar-refractivity contribution in [3.63, 3.8) is 0 Å². The van der Waals surface area contributed by atoms with Gasteiger partial charge in [0.15, 0.2) is 0 Å². The second-order valence-corrected chi connectivity index (χ2v) is 6.90. The van der Waals surface area contributed by atoms with Crippen LogP contribution in [-0.2, 0) is 23.8 Å². The molecule has 1 N–H and O–H groups in total. The summed E-state index contributed by atoms with van der Waals surface area (Å²) in [4.78, 5) is 0.0266. The molecule has 1 aliphatic rings. The van der Waals surface area contributed by atoms with E-state index in [0.29, 0.717) is 6.42 Å². The van der Waals surface area contributed by atoms with Crippen LogP contribution in [0, 0.1) is 6.92 Å². The summed E-state index contributed by atoms with van der Waals surface area (Å²) < 4.78 is 39.7. The number of hydrogen-bond donors (Lipinski definition) is 1. The number of ether oxygens (including phenoxy) is 2. The smallest absolute Gasteiger partial charge is 0.297 e. The van der Waals surface area contributed by atoms with Gasteiger partial charge in [-0.3, -0.25) is 4.18 Å². The highest BCUT2D eigenvalue weighted by Crippen LogP contribution is 2.35. The zero-order chi connectivity index (χ0) is 16.3. The molecule has 1 aliphatic carbocycles. The van der Waals surface area contributed by atoms with E-state index in [9.17, 15) is 13.5 Å². The van der Waals surface area contributed by atoms with Crippen LogP contribution in [-0.4, -0.2) is 53.6 Å². The predicted molar refractivity (Wildman–Crippen MR) is 80.1 cm³/mol. The van der Waals surface area contributed by atoms with Crippen molar-refractivity contribution in [2.24, 2.45) is 0 Å². The Morgan fingerprint density at radius 1 is 1.32 bits per heavy atom. The Balaban J connectivity index is 2.10. The van der Waals surface area contributed by atoms with E-state index in [1.54, 1.807) is 12.1 Å². The van der Waals surface area contributed by atoms with Gasteiger partial charge in [0.1, 0.15) is 19.0 Å². The van der Waals surface area contributed by atoms with Gasteiger partial charge >= 0.3 is 0 Å². The molecule has 4 unspecified atom stereocenters. The lowest BCUT2D eigenvalue weighted by molar-refractivity contribution is -0.112. The summed E-state index contributed by atoms with van der Waals surface area (Å²) >= 11 is 0. The minimum Gasteiger partial charge on any atom is -0.388 e. The molecule has 1 fully saturated rings. The molecule has 120 valence electrons. The van der Waals surface area contributed by atoms with Crippen molar-refractivity contribution in [2.45, 2.75) is 42.4 Å². The molecule has 22 heavy (non-hydrogen) atoms. The van der Waals surface area contributed by atoms with E-state index in [-0.39, 0.29) is 11.7 Å². The predicted octanol–water partition coefficient (Wildman–Crippen LogP) is 0.780. The Morgan fingerprint density at radius 2 is 1.95 bits per heavy atom. The Kier molecular flexibility index (Phi) is 5.62. The van der Waals surface area contributed by atoms with Crippen molar-refractivity contribution in [1.82, 2.24) is 0 Å². The van der Waals surface area contributed by atoms with E-state index < -0.39 is 34.2 Å². The van der Waals surface area contributed by atoms with Crippen LogP contribution in [0.5, 0.6) is 0 Å². The molecular formula is C14H19BO6S. The Labute approximate surface area is 131 Å². The number of aliphatic hydroxyl groups excluding tert-OH is 1. The summed E-state index contributed by atoms with van der Waals surface area (Å²) in [5.74, 6) is -0.642. The van der Waals surface area contributed by atoms with Gasteiger partial charge < -0.3 is 14.6 Å². The zero-order valence-corrected chi connectivity index (χ0v) is 13.3. The fourth-order valence-electron chi connectivity index (χ4n) is 2.36. The minimum atomic E-state index is -4.00. The molecule has 6 nitrogen and oxygen atoms in total. The van der Waals surface area contributed by atoms with E-state index >= 15 is 0 Å². The van der Waals surface area contributed by atoms with Crippen molar-refractivity contribution >= 4 is 18.0 Å². The average molecular weight is 326 g/mol. The lowest BCUT2D eigenvalue weighted by atomic mass is 9.84. The Morgan fingerprint density at radius 3 is 2.55 bits per heavy atom. The summed E-state index contributed by atoms with van der Waals surface area (Å²) in [5.41, 5.74) is 0.935. The monoisotopic (exact) mass is 326 g/mol. The SMILES string of the molecule is [B]C1CC(OCOC)C(O)C1OS(=O)(=O)c1ccc(C)cc1. The highest BCUT2D eigenvalue weighted by Gasteiger charge is 2.44. The van der Waals surface area contributed by atoms with Gasteiger partial charge in [-0.2, -0.15) is 8.42 Å². The second kappa shape index (κ2) is 7.10. The topological polar surface area (TPSA) is 82.1 Å². The van der Waals surface area contributed by atoms with Gasteiger partial charge in [-0.25, -0.2) is 0 Å². The van der Waals surface area contributed by atoms with Crippen LogP contribution in [0.4, 0.5) is 0 Å². The third-order valence-electron chi connectivity index (χ3n) is 3.59. The molecule has 0 aromatic heterocycles. The van der Waals surface area contributed by atoms with Gasteiger partial charge in [0, 0.05) is 7.11 Å². The first-order valence-corrected chi connectivity index (χ1v) is 8.30. The largest absolute Gasteiger partial charge is 0.388 e. The van der Waals surface area contributed by atoms with Crippen molar-refractivity contribution in [3.05, 3.63) is 29.8 Å². The summed E-state index contributed by atoms with van der Waals surface area (Å²) in [6.45, 7) is 1.84. The van der Waals surface area contributed by atoms with Crippen LogP contribution < -0.4 is 0 Å². The third kappa shape index (κ3) is 3.88. The molecule has 1 aromatic carbocycles. The van der Waals surface area contributed by atoms with Crippen LogP contribution in [0.25, 0.3) is 0 Å². The first-order valence-electron chi connectivity index (χ1n) is 6.89. The van der Waals surface area contributed by atoms with Crippen molar-refractivity contribution in [3.8, 4) is 0 Å². The summed E-state index contributed by atoms with van der Waals surface area (Å²) in [7, 11) is 3.33. The summed E-state index contributed by atoms with van der Waals surface area (Å²) in [5, 5.41) is 10.2. The molecule has 0 heterocycles. The maximum atomic E-state index is 12.3. The van der Waals surface area contributed by atoms with Gasteiger partial charge in [-0.1, -0.05) is 17.7 Å². The highest BCUT2D eigenvalue weighted by atomic mass is 32.2. The number of aryl methyl sites for hydroxylation is 1. The van der Waals surface area contributed by atoms with E-state index in [2.05, 4.69) is 0 Å². The van der Waals surface area contributed by atoms with E-state index in [1.165, 1.54) is 19.2 Å². The molecule has 4 atom stereocenters. The van der Waals surface area contributed by atoms with Crippen LogP contribution in [0.2, 0.25) is 5.82 Å². The number of rotatable bonds is 6. The lowest BCUT2D eigenvalue weighted by Gasteiger charge is -2.21. The minimum absolute atomic E-state index is 0.00806. The first kappa shape index (κ1) is 17.4. The van der Waals surface area contributed by atoms with Gasteiger partial charge in [0.05, 0.1) is 18.8 Å². The van der Waals surface area contributed by atoms with E-state index in [4.69, 9.17) is 21.5 Å². The fraction of sp³-hybridized carbons (Fsp3) is 0.571. The third-order valence-corrected chi connectivity index (χ3v) is 4.92. The van der Waals surface area contributed by atoms with Gasteiger partial charge in [-0.15, -0.1) is 0 Å². The quantitative estimate of drug-likeness (QED) is 0.473. The lowest BCUT2D eigenvalue weighted by Crippen LogP contribution is -2.35. The normalized spacial score (nSPS) is 28.9. The summed E-state index contributed by atoms with van der Waals surface area (Å²) in [6, 6.07) is 6.25. The van der Waals surface area contributed by atoms with E-state index in [1.807, 2.05) is 6.92 Å². The van der Waals surface area contributed by atoms with Crippen molar-refractivity contribution in [1.29, 1.82) is 0 Å². The molecular weight excluding hydrogens is 307 g/mol. The van der Waals surface area contributed by atoms with Crippen LogP contribution >= 0.6 is 0 Å². The number of aliphatic hydroxyl groups is 1. The Hall–Kier alpha value is -0.925. The average Bonchev–Trinajstić information content (AvgIpc) is 2.73. The maximum Gasteiger partial charge on any atom is 0.297 e. The molecule has 0 spiro atoms. The van der Waals surface area contributed by atoms with Crippen LogP contribution in [0.1, 0.15) is 12.0 Å². The summed E-state index contributed by atoms with van der Waals surface area (Å²) in [6.07, 6.45) is -2.51. The van der Waals surface area contributed by atoms with Crippen molar-refractivity contribution < 1.29 is 27.2 Å². The van der Waals surface area contributed by atoms with E-state index in [0.717, 1.165) is 5.56 Å². The molecule has 1 aromatic rings. The standard InChI is InChI=1S/C14H19BO6S/c1-9-3-5-10(6-4-9)22(17,18)21-14-11(15)7-12(13(14)16)20-8-19-2/h3-6,11-14,16H,7-8H2,1-2H3. The van der Waals surface area contributed by atoms with Gasteiger partial charge in [0.2, 0.25) is 0 Å². The highest BCUT2D eigenvalue weighted by molar-refractivity contribution is 7.86. The number of benzene rings is 1. The van der Waals surface area contributed by atoms with Crippen molar-refractivity contribution in [2.75, 3.05) is 13.9 Å². The molecule has 0 aliphatic heterocycles. The molecule has 0 saturated heterocycles. The van der Waals surface area contributed by atoms with Gasteiger partial charge in [-0.05, 0) is 31.3 Å². The molecule has 8 heteroatoms. The fourth-order valence-corrected chi connectivity index (χ4v) is 3.49. The molecule has 2 rings (SSSR count).